The minimum atomic E-state index is 0.156. The minimum Gasteiger partial charge on any atom is -0.491 e. The highest BCUT2D eigenvalue weighted by Crippen LogP contribution is 2.29. The van der Waals surface area contributed by atoms with Crippen LogP contribution in [0.4, 0.5) is 0 Å². The average molecular weight is 276 g/mol. The zero-order valence-corrected chi connectivity index (χ0v) is 11.9. The molecule has 2 rings (SSSR count). The Kier molecular flexibility index (Phi) is 4.46. The summed E-state index contributed by atoms with van der Waals surface area (Å²) in [7, 11) is 0. The zero-order valence-electron chi connectivity index (χ0n) is 11.2. The van der Waals surface area contributed by atoms with Crippen LogP contribution in [0.5, 0.6) is 5.75 Å². The summed E-state index contributed by atoms with van der Waals surface area (Å²) in [6, 6.07) is 13.8. The van der Waals surface area contributed by atoms with E-state index in [0.29, 0.717) is 11.6 Å². The lowest BCUT2D eigenvalue weighted by Gasteiger charge is -2.13. The van der Waals surface area contributed by atoms with E-state index in [9.17, 15) is 0 Å². The summed E-state index contributed by atoms with van der Waals surface area (Å²) in [5.41, 5.74) is 8.99. The third-order valence-electron chi connectivity index (χ3n) is 2.81. The first kappa shape index (κ1) is 13.9. The third kappa shape index (κ3) is 3.49. The number of ether oxygens (including phenoxy) is 1. The summed E-state index contributed by atoms with van der Waals surface area (Å²) in [5, 5.41) is 0.711. The van der Waals surface area contributed by atoms with Crippen molar-refractivity contribution in [1.29, 1.82) is 0 Å². The monoisotopic (exact) mass is 275 g/mol. The fraction of sp³-hybridized carbons (Fsp3) is 0.250. The van der Waals surface area contributed by atoms with Gasteiger partial charge in [-0.25, -0.2) is 0 Å². The van der Waals surface area contributed by atoms with Crippen molar-refractivity contribution < 1.29 is 4.74 Å². The lowest BCUT2D eigenvalue weighted by molar-refractivity contribution is 0.242. The molecule has 2 aromatic rings. The first-order valence-corrected chi connectivity index (χ1v) is 6.73. The van der Waals surface area contributed by atoms with Gasteiger partial charge in [-0.05, 0) is 54.8 Å². The van der Waals surface area contributed by atoms with Crippen molar-refractivity contribution in [3.8, 4) is 16.9 Å². The molecule has 2 aromatic carbocycles. The first-order valence-electron chi connectivity index (χ1n) is 6.35. The maximum atomic E-state index is 6.08. The van der Waals surface area contributed by atoms with E-state index < -0.39 is 0 Å². The van der Waals surface area contributed by atoms with Crippen LogP contribution in [0, 0.1) is 0 Å². The Balaban J connectivity index is 2.43. The molecule has 0 aromatic heterocycles. The smallest absolute Gasteiger partial charge is 0.120 e. The van der Waals surface area contributed by atoms with Crippen LogP contribution in [0.2, 0.25) is 5.02 Å². The molecule has 0 aliphatic carbocycles. The Hall–Kier alpha value is -1.51. The minimum absolute atomic E-state index is 0.156. The molecule has 3 heteroatoms. The van der Waals surface area contributed by atoms with Gasteiger partial charge >= 0.3 is 0 Å². The molecule has 2 N–H and O–H groups in total. The molecule has 0 amide bonds. The number of hydrogen-bond donors (Lipinski definition) is 1. The number of halogens is 1. The Bertz CT molecular complexity index is 566. The first-order chi connectivity index (χ1) is 9.10. The van der Waals surface area contributed by atoms with E-state index in [1.165, 1.54) is 0 Å². The quantitative estimate of drug-likeness (QED) is 0.905. The second-order valence-corrected chi connectivity index (χ2v) is 5.14. The SMILES string of the molecule is CC(C)Oc1cccc(-c2cc(Cl)ccc2CN)c1. The zero-order chi connectivity index (χ0) is 13.8. The highest BCUT2D eigenvalue weighted by Gasteiger charge is 2.07. The van der Waals surface area contributed by atoms with Gasteiger partial charge in [0.15, 0.2) is 0 Å². The van der Waals surface area contributed by atoms with E-state index in [2.05, 4.69) is 0 Å². The standard InChI is InChI=1S/C16H18ClNO/c1-11(2)19-15-5-3-4-12(8-15)16-9-14(17)7-6-13(16)10-18/h3-9,11H,10,18H2,1-2H3. The van der Waals surface area contributed by atoms with Gasteiger partial charge < -0.3 is 10.5 Å². The van der Waals surface area contributed by atoms with Gasteiger partial charge in [0.2, 0.25) is 0 Å². The van der Waals surface area contributed by atoms with Gasteiger partial charge in [0.05, 0.1) is 6.10 Å². The summed E-state index contributed by atoms with van der Waals surface area (Å²) in [4.78, 5) is 0. The maximum absolute atomic E-state index is 6.08. The number of hydrogen-bond acceptors (Lipinski definition) is 2. The van der Waals surface area contributed by atoms with Crippen LogP contribution in [0.1, 0.15) is 19.4 Å². The van der Waals surface area contributed by atoms with E-state index in [1.807, 2.05) is 56.3 Å². The van der Waals surface area contributed by atoms with Crippen molar-refractivity contribution in [2.24, 2.45) is 5.73 Å². The summed E-state index contributed by atoms with van der Waals surface area (Å²) in [6.45, 7) is 4.51. The van der Waals surface area contributed by atoms with E-state index in [0.717, 1.165) is 22.4 Å². The Morgan fingerprint density at radius 1 is 1.16 bits per heavy atom. The summed E-state index contributed by atoms with van der Waals surface area (Å²) >= 11 is 6.08. The van der Waals surface area contributed by atoms with Gasteiger partial charge in [0.25, 0.3) is 0 Å². The summed E-state index contributed by atoms with van der Waals surface area (Å²) in [5.74, 6) is 0.857. The lowest BCUT2D eigenvalue weighted by Crippen LogP contribution is -2.05. The van der Waals surface area contributed by atoms with Crippen LogP contribution in [0.3, 0.4) is 0 Å². The number of benzene rings is 2. The second-order valence-electron chi connectivity index (χ2n) is 4.70. The highest BCUT2D eigenvalue weighted by molar-refractivity contribution is 6.30. The molecule has 0 saturated carbocycles. The van der Waals surface area contributed by atoms with E-state index in [1.54, 1.807) is 0 Å². The molecule has 0 aliphatic heterocycles. The van der Waals surface area contributed by atoms with E-state index in [4.69, 9.17) is 22.1 Å². The predicted octanol–water partition coefficient (Wildman–Crippen LogP) is 4.25. The summed E-state index contributed by atoms with van der Waals surface area (Å²) in [6.07, 6.45) is 0.156. The molecule has 19 heavy (non-hydrogen) atoms. The molecule has 0 saturated heterocycles. The largest absolute Gasteiger partial charge is 0.491 e. The Labute approximate surface area is 119 Å². The van der Waals surface area contributed by atoms with E-state index in [-0.39, 0.29) is 6.10 Å². The Morgan fingerprint density at radius 2 is 1.95 bits per heavy atom. The molecular formula is C16H18ClNO. The average Bonchev–Trinajstić information content (AvgIpc) is 2.38. The molecular weight excluding hydrogens is 258 g/mol. The lowest BCUT2D eigenvalue weighted by atomic mass is 9.99. The normalized spacial score (nSPS) is 10.8. The molecule has 0 aliphatic rings. The van der Waals surface area contributed by atoms with Crippen molar-refractivity contribution in [3.05, 3.63) is 53.1 Å². The van der Waals surface area contributed by atoms with Gasteiger partial charge in [-0.1, -0.05) is 29.8 Å². The van der Waals surface area contributed by atoms with Crippen molar-refractivity contribution >= 4 is 11.6 Å². The number of nitrogens with two attached hydrogens (primary N) is 1. The van der Waals surface area contributed by atoms with Crippen LogP contribution in [0.15, 0.2) is 42.5 Å². The van der Waals surface area contributed by atoms with Crippen molar-refractivity contribution in [2.75, 3.05) is 0 Å². The molecule has 0 spiro atoms. The van der Waals surface area contributed by atoms with Gasteiger partial charge in [-0.3, -0.25) is 0 Å². The molecule has 0 heterocycles. The van der Waals surface area contributed by atoms with Gasteiger partial charge in [0.1, 0.15) is 5.75 Å². The molecule has 0 radical (unpaired) electrons. The molecule has 2 nitrogen and oxygen atoms in total. The van der Waals surface area contributed by atoms with Crippen LogP contribution >= 0.6 is 11.6 Å². The van der Waals surface area contributed by atoms with E-state index >= 15 is 0 Å². The molecule has 0 fully saturated rings. The molecule has 100 valence electrons. The van der Waals surface area contributed by atoms with Crippen LogP contribution in [-0.2, 0) is 6.54 Å². The predicted molar refractivity (Wildman–Crippen MR) is 80.5 cm³/mol. The van der Waals surface area contributed by atoms with Gasteiger partial charge in [0, 0.05) is 11.6 Å². The topological polar surface area (TPSA) is 35.2 Å². The summed E-state index contributed by atoms with van der Waals surface area (Å²) < 4.78 is 5.72. The highest BCUT2D eigenvalue weighted by atomic mass is 35.5. The maximum Gasteiger partial charge on any atom is 0.120 e. The molecule has 0 unspecified atom stereocenters. The van der Waals surface area contributed by atoms with Crippen LogP contribution in [-0.4, -0.2) is 6.10 Å². The Morgan fingerprint density at radius 3 is 2.63 bits per heavy atom. The van der Waals surface area contributed by atoms with Crippen molar-refractivity contribution in [3.63, 3.8) is 0 Å². The van der Waals surface area contributed by atoms with Crippen molar-refractivity contribution in [2.45, 2.75) is 26.5 Å². The second kappa shape index (κ2) is 6.09. The fourth-order valence-electron chi connectivity index (χ4n) is 2.00. The van der Waals surface area contributed by atoms with Crippen LogP contribution in [0.25, 0.3) is 11.1 Å². The van der Waals surface area contributed by atoms with Crippen LogP contribution < -0.4 is 10.5 Å². The van der Waals surface area contributed by atoms with Gasteiger partial charge in [-0.2, -0.15) is 0 Å². The molecule has 0 atom stereocenters. The van der Waals surface area contributed by atoms with Gasteiger partial charge in [-0.15, -0.1) is 0 Å². The third-order valence-corrected chi connectivity index (χ3v) is 3.04. The molecule has 0 bridgehead atoms. The fourth-order valence-corrected chi connectivity index (χ4v) is 2.18. The van der Waals surface area contributed by atoms with Crippen molar-refractivity contribution in [1.82, 2.24) is 0 Å². The number of rotatable bonds is 4.